The molecule has 1 saturated heterocycles. The molecule has 1 aliphatic heterocycles. The van der Waals surface area contributed by atoms with Gasteiger partial charge in [-0.05, 0) is 31.4 Å². The fourth-order valence-electron chi connectivity index (χ4n) is 2.53. The Kier molecular flexibility index (Phi) is 4.24. The van der Waals surface area contributed by atoms with E-state index in [9.17, 15) is 4.79 Å². The van der Waals surface area contributed by atoms with Gasteiger partial charge in [0.1, 0.15) is 0 Å². The molecule has 3 nitrogen and oxygen atoms in total. The molecule has 3 heteroatoms. The van der Waals surface area contributed by atoms with Gasteiger partial charge >= 0.3 is 0 Å². The van der Waals surface area contributed by atoms with Crippen LogP contribution in [0.5, 0.6) is 0 Å². The zero-order valence-electron chi connectivity index (χ0n) is 11.3. The van der Waals surface area contributed by atoms with Crippen molar-refractivity contribution < 1.29 is 4.79 Å². The summed E-state index contributed by atoms with van der Waals surface area (Å²) in [4.78, 5) is 14.5. The van der Waals surface area contributed by atoms with E-state index < -0.39 is 0 Å². The van der Waals surface area contributed by atoms with Crippen molar-refractivity contribution in [2.45, 2.75) is 26.7 Å². The molecule has 18 heavy (non-hydrogen) atoms. The van der Waals surface area contributed by atoms with Gasteiger partial charge in [0.2, 0.25) is 0 Å². The molecule has 1 heterocycles. The first-order chi connectivity index (χ1) is 8.76. The highest BCUT2D eigenvalue weighted by Crippen LogP contribution is 2.23. The van der Waals surface area contributed by atoms with Gasteiger partial charge in [-0.15, -0.1) is 0 Å². The zero-order valence-corrected chi connectivity index (χ0v) is 11.3. The van der Waals surface area contributed by atoms with Crippen LogP contribution in [0.15, 0.2) is 24.3 Å². The van der Waals surface area contributed by atoms with E-state index in [0.29, 0.717) is 5.92 Å². The number of hydrogen-bond acceptors (Lipinski definition) is 2. The van der Waals surface area contributed by atoms with Gasteiger partial charge < -0.3 is 10.2 Å². The molecule has 1 fully saturated rings. The standard InChI is InChI=1S/C15H22N2O/c1-3-12-9-10-17(11-12)15(18)13-7-5-6-8-14(13)16-4-2/h5-8,12,16H,3-4,9-11H2,1-2H3. The first-order valence-corrected chi connectivity index (χ1v) is 6.88. The molecule has 1 unspecified atom stereocenters. The molecule has 1 atom stereocenters. The molecule has 1 amide bonds. The van der Waals surface area contributed by atoms with Crippen LogP contribution in [0.25, 0.3) is 0 Å². The van der Waals surface area contributed by atoms with Gasteiger partial charge in [0, 0.05) is 25.3 Å². The van der Waals surface area contributed by atoms with Gasteiger partial charge in [0.05, 0.1) is 5.56 Å². The monoisotopic (exact) mass is 246 g/mol. The van der Waals surface area contributed by atoms with Crippen LogP contribution in [0, 0.1) is 5.92 Å². The smallest absolute Gasteiger partial charge is 0.255 e. The molecule has 0 aliphatic carbocycles. The van der Waals surface area contributed by atoms with E-state index in [1.807, 2.05) is 36.1 Å². The second kappa shape index (κ2) is 5.89. The number of benzene rings is 1. The minimum atomic E-state index is 0.169. The van der Waals surface area contributed by atoms with Crippen molar-refractivity contribution in [1.29, 1.82) is 0 Å². The Labute approximate surface area is 109 Å². The predicted molar refractivity (Wildman–Crippen MR) is 74.9 cm³/mol. The molecule has 1 aromatic carbocycles. The molecule has 0 aromatic heterocycles. The Morgan fingerprint density at radius 1 is 1.39 bits per heavy atom. The molecule has 1 aromatic rings. The third kappa shape index (κ3) is 2.66. The summed E-state index contributed by atoms with van der Waals surface area (Å²) in [5.41, 5.74) is 1.75. The van der Waals surface area contributed by atoms with E-state index in [-0.39, 0.29) is 5.91 Å². The van der Waals surface area contributed by atoms with Crippen LogP contribution >= 0.6 is 0 Å². The van der Waals surface area contributed by atoms with Gasteiger partial charge in [-0.3, -0.25) is 4.79 Å². The maximum absolute atomic E-state index is 12.5. The Morgan fingerprint density at radius 3 is 2.83 bits per heavy atom. The van der Waals surface area contributed by atoms with Crippen molar-refractivity contribution in [3.63, 3.8) is 0 Å². The Balaban J connectivity index is 2.14. The topological polar surface area (TPSA) is 32.3 Å². The predicted octanol–water partition coefficient (Wildman–Crippen LogP) is 2.99. The Morgan fingerprint density at radius 2 is 2.17 bits per heavy atom. The summed E-state index contributed by atoms with van der Waals surface area (Å²) in [7, 11) is 0. The summed E-state index contributed by atoms with van der Waals surface area (Å²) in [5, 5.41) is 3.26. The minimum absolute atomic E-state index is 0.169. The van der Waals surface area contributed by atoms with Crippen LogP contribution < -0.4 is 5.32 Å². The van der Waals surface area contributed by atoms with Crippen molar-refractivity contribution in [3.05, 3.63) is 29.8 Å². The fourth-order valence-corrected chi connectivity index (χ4v) is 2.53. The van der Waals surface area contributed by atoms with E-state index in [1.54, 1.807) is 0 Å². The molecule has 0 radical (unpaired) electrons. The summed E-state index contributed by atoms with van der Waals surface area (Å²) >= 11 is 0. The summed E-state index contributed by atoms with van der Waals surface area (Å²) in [6, 6.07) is 7.79. The van der Waals surface area contributed by atoms with Gasteiger partial charge in [-0.1, -0.05) is 25.5 Å². The van der Waals surface area contributed by atoms with E-state index in [0.717, 1.165) is 37.3 Å². The minimum Gasteiger partial charge on any atom is -0.385 e. The number of nitrogens with zero attached hydrogens (tertiary/aromatic N) is 1. The van der Waals surface area contributed by atoms with Crippen LogP contribution in [0.3, 0.4) is 0 Å². The average molecular weight is 246 g/mol. The second-order valence-electron chi connectivity index (χ2n) is 4.89. The molecule has 1 N–H and O–H groups in total. The third-order valence-electron chi connectivity index (χ3n) is 3.68. The number of nitrogens with one attached hydrogen (secondary N) is 1. The number of carbonyl (C=O) groups is 1. The molecule has 2 rings (SSSR count). The van der Waals surface area contributed by atoms with Gasteiger partial charge in [-0.25, -0.2) is 0 Å². The number of rotatable bonds is 4. The lowest BCUT2D eigenvalue weighted by Crippen LogP contribution is -2.29. The second-order valence-corrected chi connectivity index (χ2v) is 4.89. The molecular formula is C15H22N2O. The highest BCUT2D eigenvalue weighted by atomic mass is 16.2. The average Bonchev–Trinajstić information content (AvgIpc) is 2.88. The number of hydrogen-bond donors (Lipinski definition) is 1. The van der Waals surface area contributed by atoms with E-state index in [2.05, 4.69) is 12.2 Å². The number of likely N-dealkylation sites (tertiary alicyclic amines) is 1. The summed E-state index contributed by atoms with van der Waals surface area (Å²) in [6.45, 7) is 6.89. The van der Waals surface area contributed by atoms with Gasteiger partial charge in [0.25, 0.3) is 5.91 Å². The number of para-hydroxylation sites is 1. The van der Waals surface area contributed by atoms with Crippen LogP contribution in [0.4, 0.5) is 5.69 Å². The zero-order chi connectivity index (χ0) is 13.0. The lowest BCUT2D eigenvalue weighted by Gasteiger charge is -2.18. The number of amides is 1. The SMILES string of the molecule is CCNc1ccccc1C(=O)N1CCC(CC)C1. The fraction of sp³-hybridized carbons (Fsp3) is 0.533. The third-order valence-corrected chi connectivity index (χ3v) is 3.68. The largest absolute Gasteiger partial charge is 0.385 e. The van der Waals surface area contributed by atoms with Gasteiger partial charge in [-0.2, -0.15) is 0 Å². The Hall–Kier alpha value is -1.51. The van der Waals surface area contributed by atoms with Crippen LogP contribution in [0.2, 0.25) is 0 Å². The van der Waals surface area contributed by atoms with Crippen molar-refractivity contribution in [3.8, 4) is 0 Å². The quantitative estimate of drug-likeness (QED) is 0.885. The number of carbonyl (C=O) groups excluding carboxylic acids is 1. The molecular weight excluding hydrogens is 224 g/mol. The molecule has 1 aliphatic rings. The van der Waals surface area contributed by atoms with E-state index in [4.69, 9.17) is 0 Å². The highest BCUT2D eigenvalue weighted by molar-refractivity contribution is 5.99. The first kappa shape index (κ1) is 12.9. The summed E-state index contributed by atoms with van der Waals surface area (Å²) in [6.07, 6.45) is 2.31. The highest BCUT2D eigenvalue weighted by Gasteiger charge is 2.26. The normalized spacial score (nSPS) is 19.0. The maximum atomic E-state index is 12.5. The van der Waals surface area contributed by atoms with Crippen LogP contribution in [-0.4, -0.2) is 30.4 Å². The van der Waals surface area contributed by atoms with Crippen LogP contribution in [0.1, 0.15) is 37.0 Å². The first-order valence-electron chi connectivity index (χ1n) is 6.88. The van der Waals surface area contributed by atoms with Gasteiger partial charge in [0.15, 0.2) is 0 Å². The van der Waals surface area contributed by atoms with Crippen LogP contribution in [-0.2, 0) is 0 Å². The summed E-state index contributed by atoms with van der Waals surface area (Å²) in [5.74, 6) is 0.850. The van der Waals surface area contributed by atoms with Crippen molar-refractivity contribution in [2.24, 2.45) is 5.92 Å². The van der Waals surface area contributed by atoms with Crippen molar-refractivity contribution in [2.75, 3.05) is 25.0 Å². The molecule has 0 saturated carbocycles. The van der Waals surface area contributed by atoms with Crippen molar-refractivity contribution >= 4 is 11.6 Å². The van der Waals surface area contributed by atoms with E-state index in [1.165, 1.54) is 6.42 Å². The lowest BCUT2D eigenvalue weighted by atomic mass is 10.1. The lowest BCUT2D eigenvalue weighted by molar-refractivity contribution is 0.0788. The summed E-state index contributed by atoms with van der Waals surface area (Å²) < 4.78 is 0. The molecule has 0 spiro atoms. The number of anilines is 1. The molecule has 98 valence electrons. The maximum Gasteiger partial charge on any atom is 0.255 e. The molecule has 0 bridgehead atoms. The van der Waals surface area contributed by atoms with Crippen molar-refractivity contribution in [1.82, 2.24) is 4.90 Å². The Bertz CT molecular complexity index is 417. The van der Waals surface area contributed by atoms with E-state index >= 15 is 0 Å².